The van der Waals surface area contributed by atoms with E-state index in [4.69, 9.17) is 15.2 Å². The summed E-state index contributed by atoms with van der Waals surface area (Å²) in [5.41, 5.74) is 5.51. The van der Waals surface area contributed by atoms with Crippen LogP contribution in [0.25, 0.3) is 6.08 Å². The van der Waals surface area contributed by atoms with Gasteiger partial charge in [0.2, 0.25) is 11.8 Å². The number of nitrogens with zero attached hydrogens (tertiary/aromatic N) is 2. The van der Waals surface area contributed by atoms with Crippen molar-refractivity contribution in [1.29, 1.82) is 0 Å². The summed E-state index contributed by atoms with van der Waals surface area (Å²) in [4.78, 5) is 18.3. The molecule has 1 aromatic heterocycles. The van der Waals surface area contributed by atoms with Crippen LogP contribution in [0.4, 0.5) is 0 Å². The molecule has 80 valence electrons. The Morgan fingerprint density at radius 2 is 2.20 bits per heavy atom. The van der Waals surface area contributed by atoms with Crippen molar-refractivity contribution in [2.75, 3.05) is 14.2 Å². The summed E-state index contributed by atoms with van der Waals surface area (Å²) in [6.07, 6.45) is 4.15. The second kappa shape index (κ2) is 4.94. The Morgan fingerprint density at radius 1 is 1.47 bits per heavy atom. The summed E-state index contributed by atoms with van der Waals surface area (Å²) in [5, 5.41) is 0. The van der Waals surface area contributed by atoms with Gasteiger partial charge in [-0.2, -0.15) is 4.98 Å². The predicted octanol–water partition coefficient (Wildman–Crippen LogP) is -0.00770. The van der Waals surface area contributed by atoms with Crippen LogP contribution in [-0.2, 0) is 4.79 Å². The number of carbonyl (C=O) groups excluding carboxylic acids is 1. The van der Waals surface area contributed by atoms with Crippen molar-refractivity contribution in [3.63, 3.8) is 0 Å². The van der Waals surface area contributed by atoms with Crippen molar-refractivity contribution in [2.45, 2.75) is 0 Å². The molecule has 15 heavy (non-hydrogen) atoms. The molecule has 0 aliphatic heterocycles. The second-order valence-electron chi connectivity index (χ2n) is 2.56. The average molecular weight is 209 g/mol. The van der Waals surface area contributed by atoms with Crippen LogP contribution in [0.1, 0.15) is 5.56 Å². The number of hydrogen-bond acceptors (Lipinski definition) is 5. The zero-order chi connectivity index (χ0) is 11.3. The quantitative estimate of drug-likeness (QED) is 0.705. The van der Waals surface area contributed by atoms with Gasteiger partial charge in [0.25, 0.3) is 0 Å². The third kappa shape index (κ3) is 2.94. The molecule has 0 aliphatic rings. The van der Waals surface area contributed by atoms with Gasteiger partial charge in [-0.1, -0.05) is 0 Å². The molecule has 0 bridgehead atoms. The molecule has 1 heterocycles. The lowest BCUT2D eigenvalue weighted by atomic mass is 10.3. The molecular formula is C9H11N3O3. The molecule has 0 aliphatic carbocycles. The van der Waals surface area contributed by atoms with Gasteiger partial charge in [0.05, 0.1) is 19.8 Å². The van der Waals surface area contributed by atoms with Crippen LogP contribution in [0.3, 0.4) is 0 Å². The fourth-order valence-corrected chi connectivity index (χ4v) is 0.908. The van der Waals surface area contributed by atoms with E-state index in [0.29, 0.717) is 11.4 Å². The average Bonchev–Trinajstić information content (AvgIpc) is 2.25. The first-order valence-corrected chi connectivity index (χ1v) is 4.10. The minimum Gasteiger partial charge on any atom is -0.480 e. The molecule has 6 heteroatoms. The molecule has 0 spiro atoms. The van der Waals surface area contributed by atoms with E-state index in [-0.39, 0.29) is 6.01 Å². The van der Waals surface area contributed by atoms with E-state index in [1.54, 1.807) is 0 Å². The van der Waals surface area contributed by atoms with Crippen LogP contribution in [0, 0.1) is 0 Å². The highest BCUT2D eigenvalue weighted by atomic mass is 16.5. The second-order valence-corrected chi connectivity index (χ2v) is 2.56. The third-order valence-electron chi connectivity index (χ3n) is 1.56. The number of carbonyl (C=O) groups is 1. The molecule has 0 saturated carbocycles. The van der Waals surface area contributed by atoms with Crippen molar-refractivity contribution in [3.05, 3.63) is 17.8 Å². The van der Waals surface area contributed by atoms with E-state index < -0.39 is 5.91 Å². The molecule has 0 saturated heterocycles. The van der Waals surface area contributed by atoms with Gasteiger partial charge in [-0.3, -0.25) is 4.79 Å². The molecule has 1 amide bonds. The zero-order valence-electron chi connectivity index (χ0n) is 8.43. The molecule has 0 aromatic carbocycles. The Bertz CT molecular complexity index is 390. The predicted molar refractivity (Wildman–Crippen MR) is 53.4 cm³/mol. The van der Waals surface area contributed by atoms with Crippen LogP contribution >= 0.6 is 0 Å². The normalized spacial score (nSPS) is 10.3. The Labute approximate surface area is 86.7 Å². The smallest absolute Gasteiger partial charge is 0.319 e. The number of aromatic nitrogens is 2. The highest BCUT2D eigenvalue weighted by molar-refractivity contribution is 5.90. The van der Waals surface area contributed by atoms with Gasteiger partial charge in [0, 0.05) is 12.3 Å². The molecule has 0 atom stereocenters. The van der Waals surface area contributed by atoms with Crippen LogP contribution < -0.4 is 15.2 Å². The molecule has 0 fully saturated rings. The Morgan fingerprint density at radius 3 is 2.73 bits per heavy atom. The largest absolute Gasteiger partial charge is 0.480 e. The summed E-state index contributed by atoms with van der Waals surface area (Å²) in [5.74, 6) is -0.229. The van der Waals surface area contributed by atoms with Crippen molar-refractivity contribution >= 4 is 12.0 Å². The van der Waals surface area contributed by atoms with E-state index in [1.165, 1.54) is 32.6 Å². The van der Waals surface area contributed by atoms with Gasteiger partial charge in [-0.25, -0.2) is 4.98 Å². The van der Waals surface area contributed by atoms with E-state index >= 15 is 0 Å². The minimum atomic E-state index is -0.548. The molecule has 0 unspecified atom stereocenters. The number of amides is 1. The first-order valence-electron chi connectivity index (χ1n) is 4.10. The van der Waals surface area contributed by atoms with E-state index in [9.17, 15) is 4.79 Å². The first kappa shape index (κ1) is 11.0. The first-order chi connectivity index (χ1) is 7.17. The number of rotatable bonds is 4. The summed E-state index contributed by atoms with van der Waals surface area (Å²) in [6, 6.07) is 0.197. The standard InChI is InChI=1S/C9H11N3O3/c1-14-8-6(3-4-7(10)13)5-11-9(12-8)15-2/h3-5H,1-2H3,(H2,10,13). The number of nitrogens with two attached hydrogens (primary N) is 1. The third-order valence-corrected chi connectivity index (χ3v) is 1.56. The molecular weight excluding hydrogens is 198 g/mol. The summed E-state index contributed by atoms with van der Waals surface area (Å²) >= 11 is 0. The maximum Gasteiger partial charge on any atom is 0.319 e. The van der Waals surface area contributed by atoms with Crippen LogP contribution in [-0.4, -0.2) is 30.1 Å². The lowest BCUT2D eigenvalue weighted by Crippen LogP contribution is -2.05. The lowest BCUT2D eigenvalue weighted by molar-refractivity contribution is -0.113. The van der Waals surface area contributed by atoms with Crippen LogP contribution in [0.5, 0.6) is 11.9 Å². The molecule has 1 aromatic rings. The molecule has 2 N–H and O–H groups in total. The maximum atomic E-state index is 10.5. The summed E-state index contributed by atoms with van der Waals surface area (Å²) < 4.78 is 9.80. The van der Waals surface area contributed by atoms with E-state index in [2.05, 4.69) is 9.97 Å². The zero-order valence-corrected chi connectivity index (χ0v) is 8.43. The Hall–Kier alpha value is -2.11. The fourth-order valence-electron chi connectivity index (χ4n) is 0.908. The van der Waals surface area contributed by atoms with Gasteiger partial charge < -0.3 is 15.2 Å². The van der Waals surface area contributed by atoms with Gasteiger partial charge in [-0.05, 0) is 6.08 Å². The lowest BCUT2D eigenvalue weighted by Gasteiger charge is -2.04. The molecule has 6 nitrogen and oxygen atoms in total. The SMILES string of the molecule is COc1ncc(C=CC(N)=O)c(OC)n1. The Kier molecular flexibility index (Phi) is 3.61. The van der Waals surface area contributed by atoms with Crippen molar-refractivity contribution < 1.29 is 14.3 Å². The van der Waals surface area contributed by atoms with Crippen molar-refractivity contribution in [3.8, 4) is 11.9 Å². The van der Waals surface area contributed by atoms with Crippen molar-refractivity contribution in [1.82, 2.24) is 9.97 Å². The number of hydrogen-bond donors (Lipinski definition) is 1. The monoisotopic (exact) mass is 209 g/mol. The number of ether oxygens (including phenoxy) is 2. The highest BCUT2D eigenvalue weighted by Gasteiger charge is 2.05. The number of primary amides is 1. The molecule has 0 radical (unpaired) electrons. The van der Waals surface area contributed by atoms with Crippen LogP contribution in [0.15, 0.2) is 12.3 Å². The number of methoxy groups -OCH3 is 2. The topological polar surface area (TPSA) is 87.3 Å². The highest BCUT2D eigenvalue weighted by Crippen LogP contribution is 2.18. The Balaban J connectivity index is 3.02. The van der Waals surface area contributed by atoms with Gasteiger partial charge in [-0.15, -0.1) is 0 Å². The minimum absolute atomic E-state index is 0.197. The van der Waals surface area contributed by atoms with E-state index in [1.807, 2.05) is 0 Å². The maximum absolute atomic E-state index is 10.5. The summed E-state index contributed by atoms with van der Waals surface area (Å²) in [6.45, 7) is 0. The van der Waals surface area contributed by atoms with Crippen LogP contribution in [0.2, 0.25) is 0 Å². The van der Waals surface area contributed by atoms with Gasteiger partial charge in [0.15, 0.2) is 0 Å². The summed E-state index contributed by atoms with van der Waals surface area (Å²) in [7, 11) is 2.91. The fraction of sp³-hybridized carbons (Fsp3) is 0.222. The molecule has 1 rings (SSSR count). The van der Waals surface area contributed by atoms with E-state index in [0.717, 1.165) is 0 Å². The van der Waals surface area contributed by atoms with Crippen molar-refractivity contribution in [2.24, 2.45) is 5.73 Å². The van der Waals surface area contributed by atoms with Gasteiger partial charge >= 0.3 is 6.01 Å². The van der Waals surface area contributed by atoms with Gasteiger partial charge in [0.1, 0.15) is 0 Å².